The van der Waals surface area contributed by atoms with E-state index in [2.05, 4.69) is 14.1 Å². The van der Waals surface area contributed by atoms with Crippen LogP contribution >= 0.6 is 23.3 Å². The SMILES string of the molecule is CC(C)(C)NC[C@H](O)COc1nsnc1Cl. The van der Waals surface area contributed by atoms with E-state index in [0.717, 1.165) is 11.7 Å². The zero-order valence-electron chi connectivity index (χ0n) is 9.53. The molecule has 0 radical (unpaired) electrons. The summed E-state index contributed by atoms with van der Waals surface area (Å²) in [6, 6.07) is 0. The number of hydrogen-bond donors (Lipinski definition) is 2. The Morgan fingerprint density at radius 3 is 2.69 bits per heavy atom. The van der Waals surface area contributed by atoms with Gasteiger partial charge in [0.05, 0.1) is 11.7 Å². The van der Waals surface area contributed by atoms with Crippen LogP contribution in [0.5, 0.6) is 5.88 Å². The molecule has 0 aliphatic rings. The van der Waals surface area contributed by atoms with E-state index in [4.69, 9.17) is 16.3 Å². The first-order valence-corrected chi connectivity index (χ1v) is 6.03. The summed E-state index contributed by atoms with van der Waals surface area (Å²) in [5, 5.41) is 13.0. The first kappa shape index (κ1) is 13.6. The maximum absolute atomic E-state index is 9.63. The van der Waals surface area contributed by atoms with Crippen molar-refractivity contribution in [3.8, 4) is 5.88 Å². The maximum atomic E-state index is 9.63. The van der Waals surface area contributed by atoms with Gasteiger partial charge in [0.15, 0.2) is 0 Å². The molecule has 1 rings (SSSR count). The summed E-state index contributed by atoms with van der Waals surface area (Å²) in [6.07, 6.45) is -0.600. The van der Waals surface area contributed by atoms with Crippen molar-refractivity contribution in [2.24, 2.45) is 0 Å². The topological polar surface area (TPSA) is 67.3 Å². The molecule has 0 saturated carbocycles. The van der Waals surface area contributed by atoms with Gasteiger partial charge in [0, 0.05) is 12.1 Å². The highest BCUT2D eigenvalue weighted by atomic mass is 35.5. The number of aliphatic hydroxyl groups excluding tert-OH is 1. The van der Waals surface area contributed by atoms with Gasteiger partial charge >= 0.3 is 0 Å². The maximum Gasteiger partial charge on any atom is 0.265 e. The second-order valence-electron chi connectivity index (χ2n) is 4.46. The molecule has 0 spiro atoms. The van der Waals surface area contributed by atoms with E-state index in [1.54, 1.807) is 0 Å². The first-order valence-electron chi connectivity index (χ1n) is 4.92. The van der Waals surface area contributed by atoms with Crippen LogP contribution in [0, 0.1) is 0 Å². The Bertz CT molecular complexity index is 327. The van der Waals surface area contributed by atoms with Crippen LogP contribution in [0.15, 0.2) is 0 Å². The van der Waals surface area contributed by atoms with Gasteiger partial charge in [-0.2, -0.15) is 4.37 Å². The number of hydrogen-bond acceptors (Lipinski definition) is 6. The lowest BCUT2D eigenvalue weighted by Gasteiger charge is -2.22. The molecule has 1 aromatic rings. The van der Waals surface area contributed by atoms with Crippen molar-refractivity contribution < 1.29 is 9.84 Å². The molecule has 16 heavy (non-hydrogen) atoms. The van der Waals surface area contributed by atoms with Gasteiger partial charge in [0.2, 0.25) is 5.15 Å². The third kappa shape index (κ3) is 5.07. The standard InChI is InChI=1S/C9H16ClN3O2S/c1-9(2,3)11-4-6(14)5-15-8-7(10)12-16-13-8/h6,11,14H,4-5H2,1-3H3/t6-/m0/s1. The van der Waals surface area contributed by atoms with Crippen molar-refractivity contribution >= 4 is 23.3 Å². The highest BCUT2D eigenvalue weighted by Crippen LogP contribution is 2.20. The highest BCUT2D eigenvalue weighted by Gasteiger charge is 2.14. The Kier molecular flexibility index (Phi) is 4.91. The Hall–Kier alpha value is -0.430. The molecular formula is C9H16ClN3O2S. The molecule has 0 bridgehead atoms. The molecule has 0 fully saturated rings. The monoisotopic (exact) mass is 265 g/mol. The first-order chi connectivity index (χ1) is 7.38. The van der Waals surface area contributed by atoms with Crippen LogP contribution in [0.1, 0.15) is 20.8 Å². The highest BCUT2D eigenvalue weighted by molar-refractivity contribution is 6.99. The van der Waals surface area contributed by atoms with Crippen molar-refractivity contribution in [1.82, 2.24) is 14.1 Å². The summed E-state index contributed by atoms with van der Waals surface area (Å²) in [5.41, 5.74) is -0.0270. The Morgan fingerprint density at radius 1 is 1.50 bits per heavy atom. The summed E-state index contributed by atoms with van der Waals surface area (Å²) >= 11 is 6.67. The summed E-state index contributed by atoms with van der Waals surface area (Å²) in [6.45, 7) is 6.69. The van der Waals surface area contributed by atoms with Crippen LogP contribution in [0.3, 0.4) is 0 Å². The van der Waals surface area contributed by atoms with Crippen molar-refractivity contribution in [3.63, 3.8) is 0 Å². The smallest absolute Gasteiger partial charge is 0.265 e. The molecule has 0 aliphatic heterocycles. The molecule has 92 valence electrons. The van der Waals surface area contributed by atoms with Gasteiger partial charge in [-0.05, 0) is 20.8 Å². The average molecular weight is 266 g/mol. The molecule has 2 N–H and O–H groups in total. The molecule has 0 unspecified atom stereocenters. The lowest BCUT2D eigenvalue weighted by atomic mass is 10.1. The molecule has 7 heteroatoms. The molecule has 0 saturated heterocycles. The fourth-order valence-corrected chi connectivity index (χ4v) is 1.56. The molecule has 5 nitrogen and oxygen atoms in total. The van der Waals surface area contributed by atoms with Gasteiger partial charge in [0.1, 0.15) is 12.7 Å². The van der Waals surface area contributed by atoms with E-state index in [-0.39, 0.29) is 23.2 Å². The van der Waals surface area contributed by atoms with Crippen molar-refractivity contribution in [1.29, 1.82) is 0 Å². The summed E-state index contributed by atoms with van der Waals surface area (Å²) < 4.78 is 12.8. The molecule has 0 aromatic carbocycles. The summed E-state index contributed by atoms with van der Waals surface area (Å²) in [4.78, 5) is 0. The second-order valence-corrected chi connectivity index (χ2v) is 5.34. The molecule has 0 aliphatic carbocycles. The van der Waals surface area contributed by atoms with Gasteiger partial charge in [0.25, 0.3) is 5.88 Å². The van der Waals surface area contributed by atoms with Crippen LogP contribution < -0.4 is 10.1 Å². The lowest BCUT2D eigenvalue weighted by molar-refractivity contribution is 0.0982. The van der Waals surface area contributed by atoms with E-state index >= 15 is 0 Å². The molecule has 1 atom stereocenters. The predicted molar refractivity (Wildman–Crippen MR) is 64.2 cm³/mol. The van der Waals surface area contributed by atoms with Gasteiger partial charge < -0.3 is 15.2 Å². The summed E-state index contributed by atoms with van der Waals surface area (Å²) in [7, 11) is 0. The molecule has 1 heterocycles. The third-order valence-corrected chi connectivity index (χ3v) is 2.56. The third-order valence-electron chi connectivity index (χ3n) is 1.70. The molecule has 1 aromatic heterocycles. The van der Waals surface area contributed by atoms with Crippen LogP contribution in [0.4, 0.5) is 0 Å². The number of aliphatic hydroxyl groups is 1. The van der Waals surface area contributed by atoms with E-state index in [9.17, 15) is 5.11 Å². The van der Waals surface area contributed by atoms with E-state index in [1.807, 2.05) is 20.8 Å². The van der Waals surface area contributed by atoms with Gasteiger partial charge in [-0.25, -0.2) is 0 Å². The average Bonchev–Trinajstić information content (AvgIpc) is 2.57. The van der Waals surface area contributed by atoms with Crippen LogP contribution in [0.25, 0.3) is 0 Å². The normalized spacial score (nSPS) is 13.8. The number of halogens is 1. The number of nitrogens with zero attached hydrogens (tertiary/aromatic N) is 2. The van der Waals surface area contributed by atoms with Crippen LogP contribution in [-0.4, -0.2) is 38.6 Å². The van der Waals surface area contributed by atoms with Crippen molar-refractivity contribution in [2.75, 3.05) is 13.2 Å². The van der Waals surface area contributed by atoms with Gasteiger partial charge in [-0.1, -0.05) is 11.6 Å². The minimum Gasteiger partial charge on any atom is -0.472 e. The second kappa shape index (κ2) is 5.77. The van der Waals surface area contributed by atoms with E-state index < -0.39 is 6.10 Å². The van der Waals surface area contributed by atoms with Crippen molar-refractivity contribution in [2.45, 2.75) is 32.4 Å². The summed E-state index contributed by atoms with van der Waals surface area (Å²) in [5.74, 6) is 0.279. The lowest BCUT2D eigenvalue weighted by Crippen LogP contribution is -2.42. The molecule has 0 amide bonds. The quantitative estimate of drug-likeness (QED) is 0.841. The Labute approximate surface area is 104 Å². The Balaban J connectivity index is 2.25. The minimum absolute atomic E-state index is 0.0270. The number of ether oxygens (including phenoxy) is 1. The fourth-order valence-electron chi connectivity index (χ4n) is 0.914. The predicted octanol–water partition coefficient (Wildman–Crippen LogP) is 1.32. The van der Waals surface area contributed by atoms with Crippen LogP contribution in [-0.2, 0) is 0 Å². The van der Waals surface area contributed by atoms with Gasteiger partial charge in [-0.15, -0.1) is 4.37 Å². The number of nitrogens with one attached hydrogen (secondary N) is 1. The Morgan fingerprint density at radius 2 is 2.19 bits per heavy atom. The van der Waals surface area contributed by atoms with E-state index in [0.29, 0.717) is 6.54 Å². The van der Waals surface area contributed by atoms with Crippen molar-refractivity contribution in [3.05, 3.63) is 5.15 Å². The number of rotatable bonds is 5. The zero-order valence-corrected chi connectivity index (χ0v) is 11.1. The number of β-amino-alcohol motifs (C(OH)–C–C–N with tert-alkyl or cyclic N) is 1. The zero-order chi connectivity index (χ0) is 12.2. The van der Waals surface area contributed by atoms with Crippen LogP contribution in [0.2, 0.25) is 5.15 Å². The largest absolute Gasteiger partial charge is 0.472 e. The number of aromatic nitrogens is 2. The fraction of sp³-hybridized carbons (Fsp3) is 0.778. The van der Waals surface area contributed by atoms with Gasteiger partial charge in [-0.3, -0.25) is 0 Å². The minimum atomic E-state index is -0.600. The van der Waals surface area contributed by atoms with E-state index in [1.165, 1.54) is 0 Å². The molecular weight excluding hydrogens is 250 g/mol.